The van der Waals surface area contributed by atoms with Gasteiger partial charge in [0, 0.05) is 23.7 Å². The molecule has 1 atom stereocenters. The number of benzene rings is 1. The summed E-state index contributed by atoms with van der Waals surface area (Å²) in [6.07, 6.45) is -0.200. The Morgan fingerprint density at radius 1 is 1.18 bits per heavy atom. The van der Waals surface area contributed by atoms with Gasteiger partial charge in [0.15, 0.2) is 6.23 Å². The van der Waals surface area contributed by atoms with E-state index in [4.69, 9.17) is 9.47 Å². The second-order valence-corrected chi connectivity index (χ2v) is 5.27. The van der Waals surface area contributed by atoms with Gasteiger partial charge in [-0.25, -0.2) is 0 Å². The molecule has 0 radical (unpaired) electrons. The predicted octanol–water partition coefficient (Wildman–Crippen LogP) is 3.19. The summed E-state index contributed by atoms with van der Waals surface area (Å²) < 4.78 is 10.7. The summed E-state index contributed by atoms with van der Waals surface area (Å²) in [5, 5.41) is 0. The molecule has 0 fully saturated rings. The van der Waals surface area contributed by atoms with E-state index in [1.165, 1.54) is 5.56 Å². The molecule has 3 heteroatoms. The van der Waals surface area contributed by atoms with Crippen molar-refractivity contribution in [2.24, 2.45) is 10.4 Å². The van der Waals surface area contributed by atoms with Crippen LogP contribution in [-0.2, 0) is 4.74 Å². The maximum Gasteiger partial charge on any atom is 0.174 e. The molecule has 0 N–H and O–H groups in total. The molecular weight excluding hydrogens is 214 g/mol. The van der Waals surface area contributed by atoms with Gasteiger partial charge in [0.1, 0.15) is 5.75 Å². The van der Waals surface area contributed by atoms with E-state index in [9.17, 15) is 0 Å². The SMILES string of the molecule is COc1ccc2c(c1)C(OC)N=C2C(C)(C)C. The van der Waals surface area contributed by atoms with E-state index in [2.05, 4.69) is 31.8 Å². The fourth-order valence-corrected chi connectivity index (χ4v) is 2.12. The van der Waals surface area contributed by atoms with Crippen molar-refractivity contribution in [1.29, 1.82) is 0 Å². The Labute approximate surface area is 102 Å². The Kier molecular flexibility index (Phi) is 2.96. The number of methoxy groups -OCH3 is 2. The summed E-state index contributed by atoms with van der Waals surface area (Å²) in [6.45, 7) is 6.49. The Bertz CT molecular complexity index is 458. The van der Waals surface area contributed by atoms with Gasteiger partial charge in [-0.3, -0.25) is 4.99 Å². The summed E-state index contributed by atoms with van der Waals surface area (Å²) in [6, 6.07) is 6.04. The third-order valence-electron chi connectivity index (χ3n) is 2.96. The van der Waals surface area contributed by atoms with Crippen molar-refractivity contribution < 1.29 is 9.47 Å². The molecule has 0 aromatic heterocycles. The first-order valence-corrected chi connectivity index (χ1v) is 5.76. The average molecular weight is 233 g/mol. The smallest absolute Gasteiger partial charge is 0.174 e. The number of hydrogen-bond donors (Lipinski definition) is 0. The lowest BCUT2D eigenvalue weighted by Crippen LogP contribution is -2.19. The maximum absolute atomic E-state index is 5.42. The van der Waals surface area contributed by atoms with Crippen molar-refractivity contribution >= 4 is 5.71 Å². The van der Waals surface area contributed by atoms with Crippen LogP contribution in [0, 0.1) is 5.41 Å². The highest BCUT2D eigenvalue weighted by Gasteiger charge is 2.32. The average Bonchev–Trinajstić information content (AvgIpc) is 2.66. The van der Waals surface area contributed by atoms with Crippen molar-refractivity contribution in [2.45, 2.75) is 27.0 Å². The molecule has 0 saturated carbocycles. The van der Waals surface area contributed by atoms with E-state index >= 15 is 0 Å². The molecule has 0 amide bonds. The molecule has 0 aliphatic carbocycles. The molecule has 0 spiro atoms. The van der Waals surface area contributed by atoms with Crippen LogP contribution in [0.25, 0.3) is 0 Å². The van der Waals surface area contributed by atoms with Gasteiger partial charge in [-0.2, -0.15) is 0 Å². The van der Waals surface area contributed by atoms with Crippen molar-refractivity contribution in [3.05, 3.63) is 29.3 Å². The van der Waals surface area contributed by atoms with Gasteiger partial charge >= 0.3 is 0 Å². The van der Waals surface area contributed by atoms with Gasteiger partial charge in [0.25, 0.3) is 0 Å². The minimum atomic E-state index is -0.200. The van der Waals surface area contributed by atoms with E-state index < -0.39 is 0 Å². The minimum Gasteiger partial charge on any atom is -0.497 e. The quantitative estimate of drug-likeness (QED) is 0.785. The number of fused-ring (bicyclic) bond motifs is 1. The van der Waals surface area contributed by atoms with Crippen molar-refractivity contribution in [3.8, 4) is 5.75 Å². The number of nitrogens with zero attached hydrogens (tertiary/aromatic N) is 1. The largest absolute Gasteiger partial charge is 0.497 e. The molecule has 1 unspecified atom stereocenters. The Morgan fingerprint density at radius 2 is 1.88 bits per heavy atom. The van der Waals surface area contributed by atoms with Gasteiger partial charge in [0.05, 0.1) is 12.8 Å². The van der Waals surface area contributed by atoms with E-state index in [0.29, 0.717) is 0 Å². The standard InChI is InChI=1S/C14H19NO2/c1-14(2,3)12-10-7-6-9(16-4)8-11(10)13(15-12)17-5/h6-8,13H,1-5H3. The molecular formula is C14H19NO2. The van der Waals surface area contributed by atoms with Crippen LogP contribution in [0.4, 0.5) is 0 Å². The minimum absolute atomic E-state index is 0.0244. The molecule has 92 valence electrons. The topological polar surface area (TPSA) is 30.8 Å². The second kappa shape index (κ2) is 4.15. The van der Waals surface area contributed by atoms with Crippen LogP contribution in [0.3, 0.4) is 0 Å². The summed E-state index contributed by atoms with van der Waals surface area (Å²) in [4.78, 5) is 4.66. The summed E-state index contributed by atoms with van der Waals surface area (Å²) >= 11 is 0. The summed E-state index contributed by atoms with van der Waals surface area (Å²) in [5.41, 5.74) is 3.39. The van der Waals surface area contributed by atoms with Gasteiger partial charge < -0.3 is 9.47 Å². The van der Waals surface area contributed by atoms with Crippen molar-refractivity contribution in [1.82, 2.24) is 0 Å². The van der Waals surface area contributed by atoms with Crippen LogP contribution in [-0.4, -0.2) is 19.9 Å². The zero-order chi connectivity index (χ0) is 12.6. The van der Waals surface area contributed by atoms with Crippen LogP contribution < -0.4 is 4.74 Å². The highest BCUT2D eigenvalue weighted by atomic mass is 16.5. The Hall–Kier alpha value is -1.35. The van der Waals surface area contributed by atoms with Gasteiger partial charge in [-0.1, -0.05) is 20.8 Å². The molecule has 2 rings (SSSR count). The third-order valence-corrected chi connectivity index (χ3v) is 2.96. The number of rotatable bonds is 2. The lowest BCUT2D eigenvalue weighted by molar-refractivity contribution is 0.113. The van der Waals surface area contributed by atoms with E-state index in [0.717, 1.165) is 17.0 Å². The summed E-state index contributed by atoms with van der Waals surface area (Å²) in [7, 11) is 3.35. The first-order valence-electron chi connectivity index (χ1n) is 5.76. The normalized spacial score (nSPS) is 18.9. The molecule has 0 saturated heterocycles. The molecule has 0 bridgehead atoms. The lowest BCUT2D eigenvalue weighted by Gasteiger charge is -2.19. The number of aliphatic imine (C=N–C) groups is 1. The van der Waals surface area contributed by atoms with Crippen LogP contribution in [0.15, 0.2) is 23.2 Å². The zero-order valence-electron chi connectivity index (χ0n) is 11.1. The highest BCUT2D eigenvalue weighted by molar-refractivity contribution is 6.07. The highest BCUT2D eigenvalue weighted by Crippen LogP contribution is 2.38. The molecule has 1 aliphatic rings. The molecule has 1 aromatic rings. The zero-order valence-corrected chi connectivity index (χ0v) is 11.1. The van der Waals surface area contributed by atoms with Crippen LogP contribution in [0.1, 0.15) is 38.1 Å². The lowest BCUT2D eigenvalue weighted by atomic mass is 9.85. The van der Waals surface area contributed by atoms with Crippen LogP contribution >= 0.6 is 0 Å². The molecule has 1 heterocycles. The fourth-order valence-electron chi connectivity index (χ4n) is 2.12. The van der Waals surface area contributed by atoms with Gasteiger partial charge in [-0.15, -0.1) is 0 Å². The molecule has 1 aliphatic heterocycles. The maximum atomic E-state index is 5.42. The van der Waals surface area contributed by atoms with E-state index in [1.807, 2.05) is 12.1 Å². The first kappa shape index (κ1) is 12.1. The monoisotopic (exact) mass is 233 g/mol. The third kappa shape index (κ3) is 2.07. The molecule has 1 aromatic carbocycles. The Balaban J connectivity index is 2.51. The predicted molar refractivity (Wildman–Crippen MR) is 68.7 cm³/mol. The number of hydrogen-bond acceptors (Lipinski definition) is 3. The van der Waals surface area contributed by atoms with E-state index in [1.54, 1.807) is 14.2 Å². The van der Waals surface area contributed by atoms with E-state index in [-0.39, 0.29) is 11.6 Å². The fraction of sp³-hybridized carbons (Fsp3) is 0.500. The van der Waals surface area contributed by atoms with Crippen molar-refractivity contribution in [3.63, 3.8) is 0 Å². The van der Waals surface area contributed by atoms with Gasteiger partial charge in [0.2, 0.25) is 0 Å². The molecule has 3 nitrogen and oxygen atoms in total. The van der Waals surface area contributed by atoms with Crippen LogP contribution in [0.5, 0.6) is 5.75 Å². The Morgan fingerprint density at radius 3 is 2.41 bits per heavy atom. The second-order valence-electron chi connectivity index (χ2n) is 5.27. The van der Waals surface area contributed by atoms with Crippen LogP contribution in [0.2, 0.25) is 0 Å². The van der Waals surface area contributed by atoms with Gasteiger partial charge in [-0.05, 0) is 18.2 Å². The first-order chi connectivity index (χ1) is 7.97. The van der Waals surface area contributed by atoms with Crippen molar-refractivity contribution in [2.75, 3.05) is 14.2 Å². The molecule has 17 heavy (non-hydrogen) atoms. The number of ether oxygens (including phenoxy) is 2. The summed E-state index contributed by atoms with van der Waals surface area (Å²) in [5.74, 6) is 0.844.